The lowest BCUT2D eigenvalue weighted by Gasteiger charge is -2.41. The van der Waals surface area contributed by atoms with E-state index in [1.54, 1.807) is 25.6 Å². The highest BCUT2D eigenvalue weighted by atomic mass is 32.1. The van der Waals surface area contributed by atoms with Crippen LogP contribution in [0.4, 0.5) is 0 Å². The van der Waals surface area contributed by atoms with Gasteiger partial charge in [-0.05, 0) is 117 Å². The molecule has 6 heteroatoms. The minimum absolute atomic E-state index is 0.0117. The monoisotopic (exact) mass is 555 g/mol. The van der Waals surface area contributed by atoms with Gasteiger partial charge in [0.05, 0.1) is 14.2 Å². The Labute approximate surface area is 240 Å². The SMILES string of the molecule is COc1ccc(-c2sc3cc(OC)ccc3c2C(=O)c2ccc(OC3CCCCC3N3CCCCC3)cc2)cc1. The van der Waals surface area contributed by atoms with Crippen LogP contribution >= 0.6 is 11.3 Å². The number of benzene rings is 3. The highest BCUT2D eigenvalue weighted by Crippen LogP contribution is 2.42. The number of likely N-dealkylation sites (tertiary alicyclic amines) is 1. The van der Waals surface area contributed by atoms with Gasteiger partial charge in [-0.1, -0.05) is 12.8 Å². The van der Waals surface area contributed by atoms with E-state index in [0.29, 0.717) is 11.6 Å². The molecule has 0 spiro atoms. The van der Waals surface area contributed by atoms with Crippen molar-refractivity contribution in [1.82, 2.24) is 4.90 Å². The maximum absolute atomic E-state index is 14.1. The molecule has 0 radical (unpaired) electrons. The summed E-state index contributed by atoms with van der Waals surface area (Å²) in [7, 11) is 3.32. The van der Waals surface area contributed by atoms with Crippen LogP contribution in [-0.2, 0) is 0 Å². The molecular weight excluding hydrogens is 518 g/mol. The van der Waals surface area contributed by atoms with Gasteiger partial charge in [-0.25, -0.2) is 0 Å². The quantitative estimate of drug-likeness (QED) is 0.206. The molecule has 4 aromatic rings. The molecule has 40 heavy (non-hydrogen) atoms. The Morgan fingerprint density at radius 2 is 1.45 bits per heavy atom. The zero-order valence-corrected chi connectivity index (χ0v) is 24.2. The van der Waals surface area contributed by atoms with Crippen molar-refractivity contribution in [3.05, 3.63) is 77.9 Å². The van der Waals surface area contributed by atoms with Crippen molar-refractivity contribution in [2.24, 2.45) is 0 Å². The number of methoxy groups -OCH3 is 2. The maximum Gasteiger partial charge on any atom is 0.195 e. The maximum atomic E-state index is 14.1. The largest absolute Gasteiger partial charge is 0.497 e. The smallest absolute Gasteiger partial charge is 0.195 e. The molecule has 6 rings (SSSR count). The zero-order valence-electron chi connectivity index (χ0n) is 23.4. The van der Waals surface area contributed by atoms with Crippen LogP contribution < -0.4 is 14.2 Å². The van der Waals surface area contributed by atoms with Crippen molar-refractivity contribution in [3.63, 3.8) is 0 Å². The van der Waals surface area contributed by atoms with E-state index < -0.39 is 0 Å². The number of carbonyl (C=O) groups excluding carboxylic acids is 1. The summed E-state index contributed by atoms with van der Waals surface area (Å²) in [6.45, 7) is 2.38. The number of carbonyl (C=O) groups is 1. The molecule has 1 saturated carbocycles. The molecule has 1 aliphatic heterocycles. The number of fused-ring (bicyclic) bond motifs is 1. The van der Waals surface area contributed by atoms with Crippen LogP contribution in [0.3, 0.4) is 0 Å². The van der Waals surface area contributed by atoms with E-state index in [4.69, 9.17) is 14.2 Å². The van der Waals surface area contributed by atoms with Crippen molar-refractivity contribution in [3.8, 4) is 27.7 Å². The van der Waals surface area contributed by atoms with Gasteiger partial charge in [-0.2, -0.15) is 0 Å². The lowest BCUT2D eigenvalue weighted by Crippen LogP contribution is -2.49. The number of nitrogens with zero attached hydrogens (tertiary/aromatic N) is 1. The molecule has 2 fully saturated rings. The third-order valence-corrected chi connectivity index (χ3v) is 9.61. The highest BCUT2D eigenvalue weighted by Gasteiger charge is 2.32. The molecule has 0 bridgehead atoms. The predicted octanol–water partition coefficient (Wildman–Crippen LogP) is 7.99. The van der Waals surface area contributed by atoms with Crippen LogP contribution in [0.25, 0.3) is 20.5 Å². The first-order valence-electron chi connectivity index (χ1n) is 14.4. The Kier molecular flexibility index (Phi) is 8.08. The Morgan fingerprint density at radius 1 is 0.775 bits per heavy atom. The molecule has 2 heterocycles. The summed E-state index contributed by atoms with van der Waals surface area (Å²) in [5, 5.41) is 0.938. The standard InChI is InChI=1S/C34H37NO4S/c1-37-25-14-12-24(13-15-25)34-32(28-19-18-27(38-2)22-31(28)40-34)33(36)23-10-16-26(17-11-23)39-30-9-5-4-8-29(30)35-20-6-3-7-21-35/h10-19,22,29-30H,3-9,20-21H2,1-2H3. The molecule has 0 amide bonds. The van der Waals surface area contributed by atoms with Gasteiger partial charge in [0.15, 0.2) is 5.78 Å². The topological polar surface area (TPSA) is 48.0 Å². The Morgan fingerprint density at radius 3 is 2.17 bits per heavy atom. The summed E-state index contributed by atoms with van der Waals surface area (Å²) in [6, 6.07) is 22.1. The van der Waals surface area contributed by atoms with Crippen LogP contribution in [0.15, 0.2) is 66.7 Å². The fourth-order valence-electron chi connectivity index (χ4n) is 6.26. The Bertz CT molecular complexity index is 1450. The lowest BCUT2D eigenvalue weighted by atomic mass is 9.90. The number of hydrogen-bond acceptors (Lipinski definition) is 6. The number of thiophene rings is 1. The molecule has 2 unspecified atom stereocenters. The highest BCUT2D eigenvalue weighted by molar-refractivity contribution is 7.22. The van der Waals surface area contributed by atoms with Crippen molar-refractivity contribution < 1.29 is 19.0 Å². The number of ether oxygens (including phenoxy) is 3. The average molecular weight is 556 g/mol. The second-order valence-corrected chi connectivity index (χ2v) is 11.9. The molecule has 1 aromatic heterocycles. The van der Waals surface area contributed by atoms with Gasteiger partial charge in [0, 0.05) is 32.1 Å². The van der Waals surface area contributed by atoms with Gasteiger partial charge in [-0.3, -0.25) is 9.69 Å². The summed E-state index contributed by atoms with van der Waals surface area (Å²) in [5.41, 5.74) is 2.37. The second-order valence-electron chi connectivity index (χ2n) is 10.9. The summed E-state index contributed by atoms with van der Waals surface area (Å²) in [5.74, 6) is 2.43. The van der Waals surface area contributed by atoms with Gasteiger partial charge in [0.2, 0.25) is 0 Å². The van der Waals surface area contributed by atoms with E-state index >= 15 is 0 Å². The molecule has 2 aliphatic rings. The van der Waals surface area contributed by atoms with Gasteiger partial charge >= 0.3 is 0 Å². The molecule has 1 aliphatic carbocycles. The van der Waals surface area contributed by atoms with Crippen LogP contribution in [0.1, 0.15) is 60.9 Å². The van der Waals surface area contributed by atoms with Crippen molar-refractivity contribution in [2.45, 2.75) is 57.1 Å². The summed E-state index contributed by atoms with van der Waals surface area (Å²) >= 11 is 1.61. The van der Waals surface area contributed by atoms with Gasteiger partial charge in [0.1, 0.15) is 23.4 Å². The fourth-order valence-corrected chi connectivity index (χ4v) is 7.50. The zero-order chi connectivity index (χ0) is 27.5. The molecule has 2 atom stereocenters. The van der Waals surface area contributed by atoms with E-state index in [0.717, 1.165) is 49.8 Å². The van der Waals surface area contributed by atoms with Crippen LogP contribution in [0, 0.1) is 0 Å². The Balaban J connectivity index is 1.28. The minimum atomic E-state index is 0.0117. The number of hydrogen-bond donors (Lipinski definition) is 0. The average Bonchev–Trinajstić information content (AvgIpc) is 3.40. The number of rotatable bonds is 8. The third kappa shape index (κ3) is 5.48. The molecular formula is C34H37NO4S. The van der Waals surface area contributed by atoms with Crippen molar-refractivity contribution >= 4 is 27.2 Å². The Hall–Kier alpha value is -3.35. The first-order valence-corrected chi connectivity index (χ1v) is 15.3. The van der Waals surface area contributed by atoms with Crippen molar-refractivity contribution in [2.75, 3.05) is 27.3 Å². The van der Waals surface area contributed by atoms with E-state index in [2.05, 4.69) is 4.90 Å². The third-order valence-electron chi connectivity index (χ3n) is 8.41. The number of ketones is 1. The second kappa shape index (κ2) is 12.0. The molecule has 0 N–H and O–H groups in total. The molecule has 5 nitrogen and oxygen atoms in total. The minimum Gasteiger partial charge on any atom is -0.497 e. The molecule has 1 saturated heterocycles. The fraction of sp³-hybridized carbons (Fsp3) is 0.382. The van der Waals surface area contributed by atoms with Crippen LogP contribution in [0.5, 0.6) is 17.2 Å². The van der Waals surface area contributed by atoms with E-state index in [-0.39, 0.29) is 11.9 Å². The summed E-state index contributed by atoms with van der Waals surface area (Å²) < 4.78 is 18.4. The normalized spacial score (nSPS) is 19.9. The van der Waals surface area contributed by atoms with Crippen molar-refractivity contribution in [1.29, 1.82) is 0 Å². The summed E-state index contributed by atoms with van der Waals surface area (Å²) in [4.78, 5) is 17.7. The van der Waals surface area contributed by atoms with Gasteiger partial charge in [0.25, 0.3) is 0 Å². The molecule has 3 aromatic carbocycles. The van der Waals surface area contributed by atoms with E-state index in [1.165, 1.54) is 51.6 Å². The number of piperidine rings is 1. The van der Waals surface area contributed by atoms with E-state index in [9.17, 15) is 4.79 Å². The van der Waals surface area contributed by atoms with Gasteiger partial charge < -0.3 is 14.2 Å². The van der Waals surface area contributed by atoms with Crippen LogP contribution in [-0.4, -0.2) is 50.1 Å². The molecule has 208 valence electrons. The van der Waals surface area contributed by atoms with Crippen LogP contribution in [0.2, 0.25) is 0 Å². The van der Waals surface area contributed by atoms with E-state index in [1.807, 2.05) is 66.7 Å². The van der Waals surface area contributed by atoms with Gasteiger partial charge in [-0.15, -0.1) is 11.3 Å². The first-order chi connectivity index (χ1) is 19.6. The first kappa shape index (κ1) is 26.9. The lowest BCUT2D eigenvalue weighted by molar-refractivity contribution is 0.0261. The summed E-state index contributed by atoms with van der Waals surface area (Å²) in [6.07, 6.45) is 8.96. The predicted molar refractivity (Wildman–Crippen MR) is 162 cm³/mol.